The average molecular weight is 343 g/mol. The Morgan fingerprint density at radius 2 is 2.10 bits per heavy atom. The van der Waals surface area contributed by atoms with Crippen LogP contribution in [0.4, 0.5) is 5.69 Å². The molecule has 0 aliphatic carbocycles. The molecule has 4 nitrogen and oxygen atoms in total. The molecule has 112 valence electrons. The number of amides is 1. The molecule has 1 rings (SSSR count). The fourth-order valence-corrected chi connectivity index (χ4v) is 1.64. The molecule has 1 N–H and O–H groups in total. The van der Waals surface area contributed by atoms with Crippen molar-refractivity contribution in [3.63, 3.8) is 0 Å². The van der Waals surface area contributed by atoms with Gasteiger partial charge in [-0.1, -0.05) is 35.8 Å². The van der Waals surface area contributed by atoms with Gasteiger partial charge in [-0.05, 0) is 32.1 Å². The van der Waals surface area contributed by atoms with Gasteiger partial charge in [0.05, 0.1) is 4.83 Å². The van der Waals surface area contributed by atoms with Gasteiger partial charge >= 0.3 is 0 Å². The molecule has 1 aromatic carbocycles. The quantitative estimate of drug-likeness (QED) is 0.774. The molecule has 20 heavy (non-hydrogen) atoms. The van der Waals surface area contributed by atoms with E-state index >= 15 is 0 Å². The van der Waals surface area contributed by atoms with Gasteiger partial charge in [-0.25, -0.2) is 0 Å². The van der Waals surface area contributed by atoms with Gasteiger partial charge in [0.2, 0.25) is 5.91 Å². The highest BCUT2D eigenvalue weighted by atomic mass is 79.9. The number of nitrogens with one attached hydrogen (secondary N) is 1. The number of hydrogen-bond acceptors (Lipinski definition) is 3. The van der Waals surface area contributed by atoms with Crippen molar-refractivity contribution in [3.05, 3.63) is 24.3 Å². The van der Waals surface area contributed by atoms with E-state index in [4.69, 9.17) is 4.74 Å². The molecule has 1 amide bonds. The van der Waals surface area contributed by atoms with E-state index in [0.29, 0.717) is 6.61 Å². The maximum Gasteiger partial charge on any atom is 0.238 e. The summed E-state index contributed by atoms with van der Waals surface area (Å²) in [6.07, 6.45) is 0. The number of ether oxygens (including phenoxy) is 1. The Kier molecular flexibility index (Phi) is 7.02. The summed E-state index contributed by atoms with van der Waals surface area (Å²) in [7, 11) is 4.00. The van der Waals surface area contributed by atoms with Gasteiger partial charge in [0.25, 0.3) is 0 Å². The highest BCUT2D eigenvalue weighted by Crippen LogP contribution is 2.19. The first-order valence-corrected chi connectivity index (χ1v) is 7.64. The van der Waals surface area contributed by atoms with E-state index in [-0.39, 0.29) is 16.7 Å². The molecular weight excluding hydrogens is 320 g/mol. The second kappa shape index (κ2) is 8.27. The number of halogens is 1. The summed E-state index contributed by atoms with van der Waals surface area (Å²) in [5.74, 6) is 0.972. The van der Waals surface area contributed by atoms with Crippen LogP contribution in [0.2, 0.25) is 0 Å². The van der Waals surface area contributed by atoms with Gasteiger partial charge in [-0.2, -0.15) is 0 Å². The summed E-state index contributed by atoms with van der Waals surface area (Å²) in [6.45, 7) is 5.48. The Bertz CT molecular complexity index is 436. The molecule has 0 bridgehead atoms. The summed E-state index contributed by atoms with van der Waals surface area (Å²) in [6, 6.07) is 7.46. The smallest absolute Gasteiger partial charge is 0.238 e. The van der Waals surface area contributed by atoms with Crippen LogP contribution in [0.25, 0.3) is 0 Å². The zero-order valence-corrected chi connectivity index (χ0v) is 14.1. The Morgan fingerprint density at radius 3 is 2.70 bits per heavy atom. The number of anilines is 1. The topological polar surface area (TPSA) is 41.6 Å². The first kappa shape index (κ1) is 17.0. The Hall–Kier alpha value is -1.07. The third-order valence-corrected chi connectivity index (χ3v) is 4.22. The number of alkyl halides is 1. The van der Waals surface area contributed by atoms with Crippen molar-refractivity contribution < 1.29 is 9.53 Å². The summed E-state index contributed by atoms with van der Waals surface area (Å²) in [5.41, 5.74) is 0.752. The minimum atomic E-state index is -0.194. The van der Waals surface area contributed by atoms with Crippen LogP contribution in [0.5, 0.6) is 5.75 Å². The van der Waals surface area contributed by atoms with Crippen LogP contribution >= 0.6 is 15.9 Å². The van der Waals surface area contributed by atoms with Crippen molar-refractivity contribution in [2.75, 3.05) is 32.6 Å². The minimum absolute atomic E-state index is 0.0366. The molecule has 1 atom stereocenters. The fraction of sp³-hybridized carbons (Fsp3) is 0.533. The van der Waals surface area contributed by atoms with E-state index in [0.717, 1.165) is 18.0 Å². The number of carbonyl (C=O) groups is 1. The van der Waals surface area contributed by atoms with Gasteiger partial charge in [-0.15, -0.1) is 0 Å². The lowest BCUT2D eigenvalue weighted by Gasteiger charge is -2.15. The Labute approximate surface area is 129 Å². The fourth-order valence-electron chi connectivity index (χ4n) is 1.52. The van der Waals surface area contributed by atoms with Gasteiger partial charge in [0.1, 0.15) is 12.4 Å². The maximum atomic E-state index is 12.0. The van der Waals surface area contributed by atoms with Crippen LogP contribution < -0.4 is 10.1 Å². The summed E-state index contributed by atoms with van der Waals surface area (Å²) >= 11 is 3.39. The summed E-state index contributed by atoms with van der Waals surface area (Å²) < 4.78 is 5.64. The number of benzene rings is 1. The number of carbonyl (C=O) groups excluding carboxylic acids is 1. The molecule has 0 heterocycles. The van der Waals surface area contributed by atoms with Gasteiger partial charge in [0, 0.05) is 18.3 Å². The van der Waals surface area contributed by atoms with E-state index in [9.17, 15) is 4.79 Å². The average Bonchev–Trinajstić information content (AvgIpc) is 2.37. The molecule has 0 aliphatic heterocycles. The SMILES string of the molecule is CC(C)C(Br)C(=O)Nc1cccc(OCCN(C)C)c1. The third kappa shape index (κ3) is 5.92. The highest BCUT2D eigenvalue weighted by Gasteiger charge is 2.18. The molecular formula is C15H23BrN2O2. The van der Waals surface area contributed by atoms with Crippen molar-refractivity contribution in [3.8, 4) is 5.75 Å². The van der Waals surface area contributed by atoms with Crippen LogP contribution in [-0.4, -0.2) is 42.9 Å². The standard InChI is InChI=1S/C15H23BrN2O2/c1-11(2)14(16)15(19)17-12-6-5-7-13(10-12)20-9-8-18(3)4/h5-7,10-11,14H,8-9H2,1-4H3,(H,17,19). The number of hydrogen-bond donors (Lipinski definition) is 1. The first-order chi connectivity index (χ1) is 9.40. The van der Waals surface area contributed by atoms with Gasteiger partial charge in [-0.3, -0.25) is 4.79 Å². The third-order valence-electron chi connectivity index (χ3n) is 2.74. The summed E-state index contributed by atoms with van der Waals surface area (Å²) in [5, 5.41) is 2.89. The van der Waals surface area contributed by atoms with E-state index in [1.54, 1.807) is 0 Å². The van der Waals surface area contributed by atoms with Gasteiger partial charge in [0.15, 0.2) is 0 Å². The van der Waals surface area contributed by atoms with Crippen LogP contribution in [0.15, 0.2) is 24.3 Å². The van der Waals surface area contributed by atoms with E-state index in [1.165, 1.54) is 0 Å². The van der Waals surface area contributed by atoms with Crippen LogP contribution in [0.3, 0.4) is 0 Å². The number of rotatable bonds is 7. The number of likely N-dealkylation sites (N-methyl/N-ethyl adjacent to an activating group) is 1. The Balaban J connectivity index is 2.57. The first-order valence-electron chi connectivity index (χ1n) is 6.72. The highest BCUT2D eigenvalue weighted by molar-refractivity contribution is 9.10. The second-order valence-electron chi connectivity index (χ2n) is 5.31. The molecule has 0 fully saturated rings. The van der Waals surface area contributed by atoms with E-state index in [1.807, 2.05) is 52.2 Å². The monoisotopic (exact) mass is 342 g/mol. The maximum absolute atomic E-state index is 12.0. The molecule has 5 heteroatoms. The lowest BCUT2D eigenvalue weighted by atomic mass is 10.1. The van der Waals surface area contributed by atoms with Crippen LogP contribution in [0.1, 0.15) is 13.8 Å². The zero-order valence-electron chi connectivity index (χ0n) is 12.5. The molecule has 0 aliphatic rings. The van der Waals surface area contributed by atoms with Crippen molar-refractivity contribution in [1.29, 1.82) is 0 Å². The zero-order chi connectivity index (χ0) is 15.1. The predicted molar refractivity (Wildman–Crippen MR) is 86.7 cm³/mol. The van der Waals surface area contributed by atoms with Crippen molar-refractivity contribution in [2.45, 2.75) is 18.7 Å². The molecule has 0 spiro atoms. The van der Waals surface area contributed by atoms with Crippen molar-refractivity contribution in [1.82, 2.24) is 4.90 Å². The second-order valence-corrected chi connectivity index (χ2v) is 6.30. The van der Waals surface area contributed by atoms with Crippen LogP contribution in [0, 0.1) is 5.92 Å². The molecule has 0 aromatic heterocycles. The van der Waals surface area contributed by atoms with E-state index in [2.05, 4.69) is 26.1 Å². The number of nitrogens with zero attached hydrogens (tertiary/aromatic N) is 1. The normalized spacial score (nSPS) is 12.6. The van der Waals surface area contributed by atoms with E-state index < -0.39 is 0 Å². The van der Waals surface area contributed by atoms with Crippen molar-refractivity contribution in [2.24, 2.45) is 5.92 Å². The van der Waals surface area contributed by atoms with Crippen molar-refractivity contribution >= 4 is 27.5 Å². The summed E-state index contributed by atoms with van der Waals surface area (Å²) in [4.78, 5) is 13.8. The minimum Gasteiger partial charge on any atom is -0.492 e. The van der Waals surface area contributed by atoms with Gasteiger partial charge < -0.3 is 15.0 Å². The Morgan fingerprint density at radius 1 is 1.40 bits per heavy atom. The lowest BCUT2D eigenvalue weighted by Crippen LogP contribution is -2.27. The molecule has 0 saturated carbocycles. The lowest BCUT2D eigenvalue weighted by molar-refractivity contribution is -0.116. The predicted octanol–water partition coefficient (Wildman–Crippen LogP) is 2.99. The molecule has 1 unspecified atom stereocenters. The molecule has 0 radical (unpaired) electrons. The largest absolute Gasteiger partial charge is 0.492 e. The van der Waals surface area contributed by atoms with Crippen LogP contribution in [-0.2, 0) is 4.79 Å². The molecule has 1 aromatic rings. The molecule has 0 saturated heterocycles.